The van der Waals surface area contributed by atoms with Crippen LogP contribution in [0.3, 0.4) is 0 Å². The van der Waals surface area contributed by atoms with Crippen molar-refractivity contribution < 1.29 is 14.3 Å². The average molecular weight is 372 g/mol. The number of thiophene rings is 1. The highest BCUT2D eigenvalue weighted by atomic mass is 32.1. The van der Waals surface area contributed by atoms with Crippen molar-refractivity contribution in [3.8, 4) is 5.75 Å². The summed E-state index contributed by atoms with van der Waals surface area (Å²) >= 11 is 1.47. The van der Waals surface area contributed by atoms with Gasteiger partial charge in [-0.15, -0.1) is 11.3 Å². The molecule has 3 rings (SSSR count). The van der Waals surface area contributed by atoms with E-state index in [9.17, 15) is 9.59 Å². The van der Waals surface area contributed by atoms with Crippen LogP contribution in [0.4, 0.5) is 5.00 Å². The minimum atomic E-state index is -0.478. The molecule has 1 heterocycles. The highest BCUT2D eigenvalue weighted by Crippen LogP contribution is 2.38. The first kappa shape index (κ1) is 18.5. The molecule has 0 aliphatic heterocycles. The lowest BCUT2D eigenvalue weighted by Gasteiger charge is -2.11. The number of nitrogens with one attached hydrogen (secondary N) is 1. The van der Waals surface area contributed by atoms with Crippen LogP contribution in [0.2, 0.25) is 0 Å². The molecule has 0 spiro atoms. The van der Waals surface area contributed by atoms with Crippen molar-refractivity contribution in [2.75, 3.05) is 11.9 Å². The van der Waals surface area contributed by atoms with Gasteiger partial charge < -0.3 is 15.8 Å². The summed E-state index contributed by atoms with van der Waals surface area (Å²) in [6, 6.07) is 7.07. The van der Waals surface area contributed by atoms with Crippen molar-refractivity contribution in [1.29, 1.82) is 0 Å². The summed E-state index contributed by atoms with van der Waals surface area (Å²) in [5.41, 5.74) is 7.57. The van der Waals surface area contributed by atoms with Gasteiger partial charge in [0.1, 0.15) is 10.8 Å². The van der Waals surface area contributed by atoms with E-state index in [1.54, 1.807) is 18.2 Å². The van der Waals surface area contributed by atoms with Crippen molar-refractivity contribution in [1.82, 2.24) is 0 Å². The van der Waals surface area contributed by atoms with Gasteiger partial charge in [0.25, 0.3) is 11.8 Å². The monoisotopic (exact) mass is 372 g/mol. The second-order valence-electron chi connectivity index (χ2n) is 6.97. The van der Waals surface area contributed by atoms with Crippen LogP contribution in [0.1, 0.15) is 57.8 Å². The summed E-state index contributed by atoms with van der Waals surface area (Å²) in [7, 11) is 0. The Balaban J connectivity index is 1.81. The van der Waals surface area contributed by atoms with Crippen molar-refractivity contribution in [2.24, 2.45) is 11.7 Å². The number of aryl methyl sites for hydroxylation is 1. The van der Waals surface area contributed by atoms with Gasteiger partial charge in [-0.2, -0.15) is 0 Å². The second kappa shape index (κ2) is 7.91. The van der Waals surface area contributed by atoms with E-state index in [1.165, 1.54) is 11.3 Å². The number of ether oxygens (including phenoxy) is 1. The van der Waals surface area contributed by atoms with E-state index in [4.69, 9.17) is 10.5 Å². The van der Waals surface area contributed by atoms with Gasteiger partial charge in [-0.1, -0.05) is 19.9 Å². The van der Waals surface area contributed by atoms with E-state index in [0.717, 1.165) is 36.1 Å². The zero-order valence-corrected chi connectivity index (χ0v) is 15.9. The van der Waals surface area contributed by atoms with E-state index in [-0.39, 0.29) is 5.91 Å². The van der Waals surface area contributed by atoms with Crippen molar-refractivity contribution in [3.63, 3.8) is 0 Å². The first-order valence-electron chi connectivity index (χ1n) is 8.94. The molecule has 6 heteroatoms. The highest BCUT2D eigenvalue weighted by molar-refractivity contribution is 7.17. The Kier molecular flexibility index (Phi) is 5.61. The smallest absolute Gasteiger partial charge is 0.256 e. The van der Waals surface area contributed by atoms with Gasteiger partial charge in [0.05, 0.1) is 12.2 Å². The van der Waals surface area contributed by atoms with Gasteiger partial charge in [0.2, 0.25) is 0 Å². The zero-order chi connectivity index (χ0) is 18.7. The molecule has 0 unspecified atom stereocenters. The third-order valence-electron chi connectivity index (χ3n) is 4.32. The summed E-state index contributed by atoms with van der Waals surface area (Å²) < 4.78 is 5.69. The van der Waals surface area contributed by atoms with Crippen molar-refractivity contribution in [2.45, 2.75) is 39.5 Å². The maximum absolute atomic E-state index is 12.7. The Morgan fingerprint density at radius 1 is 1.27 bits per heavy atom. The molecule has 1 aliphatic rings. The zero-order valence-electron chi connectivity index (χ0n) is 15.1. The second-order valence-corrected chi connectivity index (χ2v) is 8.07. The predicted molar refractivity (Wildman–Crippen MR) is 104 cm³/mol. The van der Waals surface area contributed by atoms with E-state index >= 15 is 0 Å². The van der Waals surface area contributed by atoms with Gasteiger partial charge in [0, 0.05) is 10.4 Å². The lowest BCUT2D eigenvalue weighted by atomic mass is 9.95. The molecule has 1 aliphatic carbocycles. The number of benzene rings is 1. The van der Waals surface area contributed by atoms with Crippen LogP contribution < -0.4 is 15.8 Å². The Morgan fingerprint density at radius 3 is 2.77 bits per heavy atom. The van der Waals surface area contributed by atoms with Crippen molar-refractivity contribution >= 4 is 28.2 Å². The maximum atomic E-state index is 12.7. The summed E-state index contributed by atoms with van der Waals surface area (Å²) in [6.07, 6.45) is 3.94. The van der Waals surface area contributed by atoms with Crippen LogP contribution in [0, 0.1) is 5.92 Å². The molecule has 1 aromatic heterocycles. The number of rotatable bonds is 6. The number of amides is 2. The number of carbonyl (C=O) groups is 2. The number of hydrogen-bond acceptors (Lipinski definition) is 4. The highest BCUT2D eigenvalue weighted by Gasteiger charge is 2.25. The summed E-state index contributed by atoms with van der Waals surface area (Å²) in [6.45, 7) is 4.73. The lowest BCUT2D eigenvalue weighted by Crippen LogP contribution is -2.18. The first-order valence-corrected chi connectivity index (χ1v) is 9.76. The topological polar surface area (TPSA) is 81.4 Å². The molecule has 5 nitrogen and oxygen atoms in total. The molecule has 0 radical (unpaired) electrons. The van der Waals surface area contributed by atoms with Crippen LogP contribution in [-0.2, 0) is 12.8 Å². The maximum Gasteiger partial charge on any atom is 0.256 e. The van der Waals surface area contributed by atoms with Gasteiger partial charge in [0.15, 0.2) is 0 Å². The molecule has 2 aromatic rings. The quantitative estimate of drug-likeness (QED) is 0.804. The third kappa shape index (κ3) is 4.07. The molecule has 3 N–H and O–H groups in total. The number of fused-ring (bicyclic) bond motifs is 1. The van der Waals surface area contributed by atoms with Gasteiger partial charge in [-0.05, 0) is 55.4 Å². The number of nitrogens with two attached hydrogens (primary N) is 1. The van der Waals surface area contributed by atoms with E-state index in [1.807, 2.05) is 6.07 Å². The Labute approximate surface area is 157 Å². The molecular formula is C20H24N2O3S. The number of hydrogen-bond donors (Lipinski definition) is 2. The van der Waals surface area contributed by atoms with Gasteiger partial charge in [-0.3, -0.25) is 9.59 Å². The molecule has 138 valence electrons. The van der Waals surface area contributed by atoms with Gasteiger partial charge in [-0.25, -0.2) is 0 Å². The Hall–Kier alpha value is -2.34. The Bertz CT molecular complexity index is 826. The van der Waals surface area contributed by atoms with Crippen LogP contribution in [0.5, 0.6) is 5.75 Å². The predicted octanol–water partition coefficient (Wildman–Crippen LogP) is 4.01. The fourth-order valence-corrected chi connectivity index (χ4v) is 4.37. The number of anilines is 1. The largest absolute Gasteiger partial charge is 0.493 e. The van der Waals surface area contributed by atoms with Crippen LogP contribution in [-0.4, -0.2) is 18.4 Å². The van der Waals surface area contributed by atoms with E-state index < -0.39 is 5.91 Å². The first-order chi connectivity index (χ1) is 12.5. The Morgan fingerprint density at radius 2 is 2.04 bits per heavy atom. The van der Waals surface area contributed by atoms with Crippen LogP contribution >= 0.6 is 11.3 Å². The summed E-state index contributed by atoms with van der Waals surface area (Å²) in [5.74, 6) is 0.324. The molecule has 1 aromatic carbocycles. The summed E-state index contributed by atoms with van der Waals surface area (Å²) in [5, 5.41) is 3.44. The molecule has 26 heavy (non-hydrogen) atoms. The summed E-state index contributed by atoms with van der Waals surface area (Å²) in [4.78, 5) is 25.8. The van der Waals surface area contributed by atoms with Crippen molar-refractivity contribution in [3.05, 3.63) is 45.8 Å². The standard InChI is InChI=1S/C20H24N2O3S/c1-12(2)11-25-14-7-5-6-13(10-14)19(24)22-20-17(18(21)23)15-8-3-4-9-16(15)26-20/h5-7,10,12H,3-4,8-9,11H2,1-2H3,(H2,21,23)(H,22,24). The molecule has 0 atom stereocenters. The number of primary amides is 1. The average Bonchev–Trinajstić information content (AvgIpc) is 2.98. The van der Waals surface area contributed by atoms with Crippen LogP contribution in [0.15, 0.2) is 24.3 Å². The van der Waals surface area contributed by atoms with Crippen LogP contribution in [0.25, 0.3) is 0 Å². The molecule has 0 fully saturated rings. The fourth-order valence-electron chi connectivity index (χ4n) is 3.08. The molecule has 0 saturated carbocycles. The molecule has 0 bridgehead atoms. The van der Waals surface area contributed by atoms with E-state index in [0.29, 0.717) is 34.4 Å². The molecule has 0 saturated heterocycles. The van der Waals surface area contributed by atoms with Gasteiger partial charge >= 0.3 is 0 Å². The molecule has 2 amide bonds. The molecular weight excluding hydrogens is 348 g/mol. The minimum absolute atomic E-state index is 0.263. The lowest BCUT2D eigenvalue weighted by molar-refractivity contribution is 0.100. The fraction of sp³-hybridized carbons (Fsp3) is 0.400. The van der Waals surface area contributed by atoms with E-state index in [2.05, 4.69) is 19.2 Å². The minimum Gasteiger partial charge on any atom is -0.493 e. The third-order valence-corrected chi connectivity index (χ3v) is 5.53. The number of carbonyl (C=O) groups excluding carboxylic acids is 2. The normalized spacial score (nSPS) is 13.3. The SMILES string of the molecule is CC(C)COc1cccc(C(=O)Nc2sc3c(c2C(N)=O)CCCC3)c1.